The second-order valence-corrected chi connectivity index (χ2v) is 4.41. The van der Waals surface area contributed by atoms with Gasteiger partial charge in [0.1, 0.15) is 0 Å². The number of rotatable bonds is 7. The van der Waals surface area contributed by atoms with Crippen LogP contribution in [0.3, 0.4) is 0 Å². The van der Waals surface area contributed by atoms with Gasteiger partial charge >= 0.3 is 6.03 Å². The second kappa shape index (κ2) is 8.02. The first-order valence-corrected chi connectivity index (χ1v) is 5.79. The first-order chi connectivity index (χ1) is 8.32. The van der Waals surface area contributed by atoms with E-state index in [1.165, 1.54) is 7.05 Å². The van der Waals surface area contributed by atoms with Gasteiger partial charge in [0, 0.05) is 33.7 Å². The Morgan fingerprint density at radius 1 is 1.44 bits per heavy atom. The van der Waals surface area contributed by atoms with E-state index in [0.29, 0.717) is 13.0 Å². The molecule has 0 aromatic carbocycles. The van der Waals surface area contributed by atoms with Crippen molar-refractivity contribution in [1.29, 1.82) is 0 Å². The number of hydrogen-bond acceptors (Lipinski definition) is 5. The van der Waals surface area contributed by atoms with Gasteiger partial charge < -0.3 is 20.5 Å². The molecule has 0 fully saturated rings. The van der Waals surface area contributed by atoms with E-state index in [0.717, 1.165) is 0 Å². The highest BCUT2D eigenvalue weighted by Gasteiger charge is 2.23. The first kappa shape index (κ1) is 16.8. The summed E-state index contributed by atoms with van der Waals surface area (Å²) in [5.41, 5.74) is -0.961. The maximum Gasteiger partial charge on any atom is 0.321 e. The van der Waals surface area contributed by atoms with Crippen LogP contribution in [-0.4, -0.2) is 56.0 Å². The van der Waals surface area contributed by atoms with Gasteiger partial charge in [0.05, 0.1) is 11.6 Å². The van der Waals surface area contributed by atoms with Crippen molar-refractivity contribution in [3.05, 3.63) is 0 Å². The minimum Gasteiger partial charge on any atom is -0.389 e. The van der Waals surface area contributed by atoms with Crippen LogP contribution in [0.5, 0.6) is 0 Å². The van der Waals surface area contributed by atoms with Crippen molar-refractivity contribution in [2.24, 2.45) is 0 Å². The highest BCUT2D eigenvalue weighted by molar-refractivity contribution is 5.96. The fourth-order valence-corrected chi connectivity index (χ4v) is 1.16. The number of amides is 3. The van der Waals surface area contributed by atoms with Crippen molar-refractivity contribution < 1.29 is 19.4 Å². The molecule has 18 heavy (non-hydrogen) atoms. The summed E-state index contributed by atoms with van der Waals surface area (Å²) >= 11 is 0. The average molecular weight is 261 g/mol. The zero-order valence-corrected chi connectivity index (χ0v) is 11.4. The summed E-state index contributed by atoms with van der Waals surface area (Å²) in [5, 5.41) is 17.3. The molecule has 0 aromatic heterocycles. The largest absolute Gasteiger partial charge is 0.389 e. The molecule has 0 radical (unpaired) electrons. The lowest BCUT2D eigenvalue weighted by atomic mass is 10.0. The quantitative estimate of drug-likeness (QED) is 0.481. The minimum absolute atomic E-state index is 0.235. The zero-order valence-electron chi connectivity index (χ0n) is 11.4. The number of carbonyl (C=O) groups is 2. The predicted molar refractivity (Wildman–Crippen MR) is 67.2 cm³/mol. The van der Waals surface area contributed by atoms with Crippen molar-refractivity contribution >= 4 is 11.9 Å². The lowest BCUT2D eigenvalue weighted by Crippen LogP contribution is -2.50. The van der Waals surface area contributed by atoms with Crippen molar-refractivity contribution in [2.75, 3.05) is 27.3 Å². The molecule has 106 valence electrons. The summed E-state index contributed by atoms with van der Waals surface area (Å²) in [7, 11) is 2.99. The standard InChI is InChI=1S/C11H23N3O4/c1-8(9(15)14-10(16)12-3)13-7-11(2,17)5-6-18-4/h8,13,17H,5-7H2,1-4H3,(H2,12,14,15,16). The first-order valence-electron chi connectivity index (χ1n) is 5.79. The highest BCUT2D eigenvalue weighted by Crippen LogP contribution is 2.07. The molecule has 0 aliphatic carbocycles. The molecule has 0 aliphatic rings. The number of methoxy groups -OCH3 is 1. The molecule has 0 rings (SSSR count). The van der Waals surface area contributed by atoms with E-state index < -0.39 is 23.6 Å². The number of carbonyl (C=O) groups excluding carboxylic acids is 2. The van der Waals surface area contributed by atoms with E-state index in [-0.39, 0.29) is 6.54 Å². The number of nitrogens with one attached hydrogen (secondary N) is 3. The Bertz CT molecular complexity index is 281. The number of aliphatic hydroxyl groups is 1. The lowest BCUT2D eigenvalue weighted by Gasteiger charge is -2.25. The van der Waals surface area contributed by atoms with Gasteiger partial charge in [0.25, 0.3) is 0 Å². The Labute approximate surface area is 107 Å². The van der Waals surface area contributed by atoms with E-state index in [1.807, 2.05) is 0 Å². The van der Waals surface area contributed by atoms with E-state index in [2.05, 4.69) is 16.0 Å². The number of hydrogen-bond donors (Lipinski definition) is 4. The molecule has 4 N–H and O–H groups in total. The Morgan fingerprint density at radius 2 is 2.06 bits per heavy atom. The normalized spacial score (nSPS) is 15.6. The van der Waals surface area contributed by atoms with Gasteiger partial charge in [-0.05, 0) is 13.8 Å². The minimum atomic E-state index is -0.961. The Kier molecular flexibility index (Phi) is 7.49. The Hall–Kier alpha value is -1.18. The summed E-state index contributed by atoms with van der Waals surface area (Å²) in [6, 6.07) is -1.13. The van der Waals surface area contributed by atoms with Crippen LogP contribution in [0, 0.1) is 0 Å². The van der Waals surface area contributed by atoms with Crippen molar-refractivity contribution in [3.63, 3.8) is 0 Å². The third-order valence-corrected chi connectivity index (χ3v) is 2.49. The van der Waals surface area contributed by atoms with Gasteiger partial charge in [-0.15, -0.1) is 0 Å². The lowest BCUT2D eigenvalue weighted by molar-refractivity contribution is -0.121. The molecule has 0 heterocycles. The van der Waals surface area contributed by atoms with Crippen molar-refractivity contribution in [3.8, 4) is 0 Å². The molecule has 0 aliphatic heterocycles. The second-order valence-electron chi connectivity index (χ2n) is 4.41. The molecule has 0 saturated carbocycles. The molecule has 3 amide bonds. The molecular weight excluding hydrogens is 238 g/mol. The van der Waals surface area contributed by atoms with Crippen LogP contribution in [0.2, 0.25) is 0 Å². The van der Waals surface area contributed by atoms with Gasteiger partial charge in [-0.2, -0.15) is 0 Å². The van der Waals surface area contributed by atoms with Gasteiger partial charge in [-0.25, -0.2) is 4.79 Å². The number of ether oxygens (including phenoxy) is 1. The molecule has 0 saturated heterocycles. The summed E-state index contributed by atoms with van der Waals surface area (Å²) in [5.74, 6) is -0.447. The fraction of sp³-hybridized carbons (Fsp3) is 0.818. The van der Waals surface area contributed by atoms with Crippen LogP contribution in [0.4, 0.5) is 4.79 Å². The molecule has 2 unspecified atom stereocenters. The smallest absolute Gasteiger partial charge is 0.321 e. The molecule has 2 atom stereocenters. The van der Waals surface area contributed by atoms with Crippen LogP contribution in [0.1, 0.15) is 20.3 Å². The van der Waals surface area contributed by atoms with E-state index in [1.54, 1.807) is 21.0 Å². The van der Waals surface area contributed by atoms with E-state index >= 15 is 0 Å². The number of imide groups is 1. The molecule has 7 nitrogen and oxygen atoms in total. The SMILES string of the molecule is CNC(=O)NC(=O)C(C)NCC(C)(O)CCOC. The molecule has 7 heteroatoms. The monoisotopic (exact) mass is 261 g/mol. The van der Waals surface area contributed by atoms with E-state index in [4.69, 9.17) is 4.74 Å². The third kappa shape index (κ3) is 7.21. The molecule has 0 aromatic rings. The maximum atomic E-state index is 11.5. The van der Waals surface area contributed by atoms with Crippen LogP contribution >= 0.6 is 0 Å². The van der Waals surface area contributed by atoms with Gasteiger partial charge in [0.15, 0.2) is 0 Å². The van der Waals surface area contributed by atoms with Crippen LogP contribution in [-0.2, 0) is 9.53 Å². The topological polar surface area (TPSA) is 99.7 Å². The average Bonchev–Trinajstić information content (AvgIpc) is 2.33. The Balaban J connectivity index is 4.04. The highest BCUT2D eigenvalue weighted by atomic mass is 16.5. The summed E-state index contributed by atoms with van der Waals surface area (Å²) in [6.07, 6.45) is 0.459. The molecular formula is C11H23N3O4. The molecule has 0 spiro atoms. The van der Waals surface area contributed by atoms with Gasteiger partial charge in [-0.1, -0.05) is 0 Å². The predicted octanol–water partition coefficient (Wildman–Crippen LogP) is -0.792. The van der Waals surface area contributed by atoms with E-state index in [9.17, 15) is 14.7 Å². The van der Waals surface area contributed by atoms with Gasteiger partial charge in [-0.3, -0.25) is 10.1 Å². The maximum absolute atomic E-state index is 11.5. The molecule has 0 bridgehead atoms. The Morgan fingerprint density at radius 3 is 2.56 bits per heavy atom. The zero-order chi connectivity index (χ0) is 14.2. The third-order valence-electron chi connectivity index (χ3n) is 2.49. The van der Waals surface area contributed by atoms with Crippen LogP contribution in [0.25, 0.3) is 0 Å². The van der Waals surface area contributed by atoms with Crippen molar-refractivity contribution in [2.45, 2.75) is 31.9 Å². The summed E-state index contributed by atoms with van der Waals surface area (Å²) < 4.78 is 4.88. The van der Waals surface area contributed by atoms with Crippen LogP contribution in [0.15, 0.2) is 0 Å². The van der Waals surface area contributed by atoms with Gasteiger partial charge in [0.2, 0.25) is 5.91 Å². The van der Waals surface area contributed by atoms with Crippen molar-refractivity contribution in [1.82, 2.24) is 16.0 Å². The fourth-order valence-electron chi connectivity index (χ4n) is 1.16. The number of urea groups is 1. The summed E-state index contributed by atoms with van der Waals surface area (Å²) in [4.78, 5) is 22.4. The van der Waals surface area contributed by atoms with Crippen LogP contribution < -0.4 is 16.0 Å². The summed E-state index contributed by atoms with van der Waals surface area (Å²) in [6.45, 7) is 3.94.